The Kier molecular flexibility index (Phi) is 4.73. The summed E-state index contributed by atoms with van der Waals surface area (Å²) in [6, 6.07) is 18.9. The van der Waals surface area contributed by atoms with Crippen LogP contribution in [0.4, 0.5) is 0 Å². The highest BCUT2D eigenvalue weighted by Gasteiger charge is 2.17. The van der Waals surface area contributed by atoms with Crippen molar-refractivity contribution in [1.29, 1.82) is 0 Å². The van der Waals surface area contributed by atoms with Crippen LogP contribution in [0, 0.1) is 0 Å². The number of rotatable bonds is 3. The fourth-order valence-electron chi connectivity index (χ4n) is 3.43. The Hall–Kier alpha value is -3.22. The molecule has 7 heteroatoms. The van der Waals surface area contributed by atoms with Crippen molar-refractivity contribution >= 4 is 45.4 Å². The van der Waals surface area contributed by atoms with Gasteiger partial charge in [0.2, 0.25) is 5.43 Å². The number of nitrogens with zero attached hydrogens (tertiary/aromatic N) is 3. The highest BCUT2D eigenvalue weighted by molar-refractivity contribution is 7.98. The standard InChI is InChI=1S/C23H15ClN4OS/c1-30-18-12-17(29)22-23(26-18)28-20(13-6-3-2-4-7-13)21(27-22)15-10-14-8-5-9-25-19(14)16(24)11-15/h2-12H,1H3,(H,26,28,29). The summed E-state index contributed by atoms with van der Waals surface area (Å²) in [5.41, 5.74) is 4.27. The number of pyridine rings is 2. The summed E-state index contributed by atoms with van der Waals surface area (Å²) in [5.74, 6) is 0. The van der Waals surface area contributed by atoms with E-state index in [1.165, 1.54) is 11.8 Å². The van der Waals surface area contributed by atoms with Gasteiger partial charge in [0, 0.05) is 28.8 Å². The molecule has 0 spiro atoms. The first-order chi connectivity index (χ1) is 14.6. The monoisotopic (exact) mass is 430 g/mol. The van der Waals surface area contributed by atoms with Gasteiger partial charge >= 0.3 is 0 Å². The number of halogens is 1. The fraction of sp³-hybridized carbons (Fsp3) is 0.0435. The number of aromatic amines is 1. The number of benzene rings is 2. The van der Waals surface area contributed by atoms with Gasteiger partial charge in [0.25, 0.3) is 0 Å². The quantitative estimate of drug-likeness (QED) is 0.378. The number of H-pyrrole nitrogens is 1. The molecule has 5 aromatic rings. The molecule has 0 radical (unpaired) electrons. The van der Waals surface area contributed by atoms with Gasteiger partial charge in [-0.25, -0.2) is 9.97 Å². The first kappa shape index (κ1) is 18.8. The van der Waals surface area contributed by atoms with Crippen LogP contribution >= 0.6 is 23.4 Å². The third-order valence-corrected chi connectivity index (χ3v) is 5.78. The smallest absolute Gasteiger partial charge is 0.210 e. The fourth-order valence-corrected chi connectivity index (χ4v) is 4.13. The summed E-state index contributed by atoms with van der Waals surface area (Å²) in [7, 11) is 0. The van der Waals surface area contributed by atoms with Gasteiger partial charge in [-0.05, 0) is 24.5 Å². The van der Waals surface area contributed by atoms with Crippen molar-refractivity contribution < 1.29 is 0 Å². The predicted molar refractivity (Wildman–Crippen MR) is 123 cm³/mol. The molecule has 2 aromatic carbocycles. The van der Waals surface area contributed by atoms with Crippen molar-refractivity contribution in [1.82, 2.24) is 19.9 Å². The zero-order chi connectivity index (χ0) is 20.7. The second-order valence-corrected chi connectivity index (χ2v) is 7.97. The first-order valence-electron chi connectivity index (χ1n) is 9.23. The molecule has 0 aliphatic rings. The van der Waals surface area contributed by atoms with Crippen molar-refractivity contribution in [2.45, 2.75) is 5.03 Å². The van der Waals surface area contributed by atoms with Crippen LogP contribution in [0.5, 0.6) is 0 Å². The second-order valence-electron chi connectivity index (χ2n) is 6.72. The number of fused-ring (bicyclic) bond motifs is 2. The van der Waals surface area contributed by atoms with Gasteiger partial charge in [-0.2, -0.15) is 0 Å². The van der Waals surface area contributed by atoms with E-state index in [4.69, 9.17) is 21.6 Å². The molecule has 30 heavy (non-hydrogen) atoms. The maximum absolute atomic E-state index is 12.7. The van der Waals surface area contributed by atoms with E-state index in [1.807, 2.05) is 60.9 Å². The van der Waals surface area contributed by atoms with Crippen molar-refractivity contribution in [3.63, 3.8) is 0 Å². The minimum Gasteiger partial charge on any atom is -0.333 e. The van der Waals surface area contributed by atoms with Crippen LogP contribution < -0.4 is 5.43 Å². The molecule has 146 valence electrons. The lowest BCUT2D eigenvalue weighted by atomic mass is 10.0. The van der Waals surface area contributed by atoms with Gasteiger partial charge < -0.3 is 4.98 Å². The molecule has 0 aliphatic heterocycles. The van der Waals surface area contributed by atoms with E-state index in [-0.39, 0.29) is 5.43 Å². The van der Waals surface area contributed by atoms with Crippen molar-refractivity contribution in [3.8, 4) is 22.5 Å². The minimum atomic E-state index is -0.171. The molecular formula is C23H15ClN4OS. The molecule has 0 unspecified atom stereocenters. The summed E-state index contributed by atoms with van der Waals surface area (Å²) in [6.45, 7) is 0. The van der Waals surface area contributed by atoms with E-state index in [1.54, 1.807) is 12.3 Å². The first-order valence-corrected chi connectivity index (χ1v) is 10.8. The molecule has 1 N–H and O–H groups in total. The Morgan fingerprint density at radius 2 is 1.70 bits per heavy atom. The third-order valence-electron chi connectivity index (χ3n) is 4.83. The molecule has 0 bridgehead atoms. The Balaban J connectivity index is 1.86. The summed E-state index contributed by atoms with van der Waals surface area (Å²) in [6.07, 6.45) is 3.62. The maximum Gasteiger partial charge on any atom is 0.210 e. The van der Waals surface area contributed by atoms with Gasteiger partial charge in [-0.3, -0.25) is 9.78 Å². The van der Waals surface area contributed by atoms with Crippen LogP contribution in [0.2, 0.25) is 5.02 Å². The lowest BCUT2D eigenvalue weighted by molar-refractivity contribution is 1.12. The average molecular weight is 431 g/mol. The van der Waals surface area contributed by atoms with Crippen LogP contribution in [0.3, 0.4) is 0 Å². The molecule has 5 rings (SSSR count). The molecular weight excluding hydrogens is 416 g/mol. The molecule has 0 saturated carbocycles. The molecule has 3 aromatic heterocycles. The number of aromatic nitrogens is 4. The van der Waals surface area contributed by atoms with E-state index >= 15 is 0 Å². The maximum atomic E-state index is 12.7. The van der Waals surface area contributed by atoms with E-state index in [0.29, 0.717) is 27.6 Å². The number of hydrogen-bond acceptors (Lipinski definition) is 5. The van der Waals surface area contributed by atoms with Crippen LogP contribution in [0.25, 0.3) is 44.6 Å². The molecule has 3 heterocycles. The molecule has 0 atom stereocenters. The SMILES string of the molecule is CSc1cc(=O)c2nc(-c3cc(Cl)c4ncccc4c3)c(-c3ccccc3)nc2[nH]1. The van der Waals surface area contributed by atoms with E-state index in [0.717, 1.165) is 27.1 Å². The summed E-state index contributed by atoms with van der Waals surface area (Å²) >= 11 is 7.97. The molecule has 0 fully saturated rings. The summed E-state index contributed by atoms with van der Waals surface area (Å²) < 4.78 is 0. The highest BCUT2D eigenvalue weighted by Crippen LogP contribution is 2.34. The van der Waals surface area contributed by atoms with E-state index in [9.17, 15) is 4.79 Å². The number of hydrogen-bond donors (Lipinski definition) is 1. The zero-order valence-corrected chi connectivity index (χ0v) is 17.5. The number of thioether (sulfide) groups is 1. The Bertz CT molecular complexity index is 1470. The lowest BCUT2D eigenvalue weighted by Crippen LogP contribution is -2.08. The minimum absolute atomic E-state index is 0.171. The Labute approximate surface area is 181 Å². The molecule has 0 saturated heterocycles. The third kappa shape index (κ3) is 3.24. The highest BCUT2D eigenvalue weighted by atomic mass is 35.5. The van der Waals surface area contributed by atoms with Crippen molar-refractivity contribution in [2.24, 2.45) is 0 Å². The zero-order valence-electron chi connectivity index (χ0n) is 15.9. The summed E-state index contributed by atoms with van der Waals surface area (Å²) in [5, 5.41) is 2.16. The van der Waals surface area contributed by atoms with E-state index < -0.39 is 0 Å². The molecule has 0 aliphatic carbocycles. The van der Waals surface area contributed by atoms with Gasteiger partial charge in [-0.15, -0.1) is 11.8 Å². The second kappa shape index (κ2) is 7.55. The number of nitrogens with one attached hydrogen (secondary N) is 1. The van der Waals surface area contributed by atoms with Gasteiger partial charge in [0.15, 0.2) is 11.2 Å². The Morgan fingerprint density at radius 1 is 0.900 bits per heavy atom. The summed E-state index contributed by atoms with van der Waals surface area (Å²) in [4.78, 5) is 29.8. The van der Waals surface area contributed by atoms with Crippen LogP contribution in [0.1, 0.15) is 0 Å². The topological polar surface area (TPSA) is 71.5 Å². The Morgan fingerprint density at radius 3 is 2.50 bits per heavy atom. The van der Waals surface area contributed by atoms with Gasteiger partial charge in [0.1, 0.15) is 0 Å². The predicted octanol–water partition coefficient (Wildman–Crippen LogP) is 5.58. The lowest BCUT2D eigenvalue weighted by Gasteiger charge is -2.12. The molecule has 0 amide bonds. The van der Waals surface area contributed by atoms with Crippen molar-refractivity contribution in [2.75, 3.05) is 6.26 Å². The van der Waals surface area contributed by atoms with Crippen LogP contribution in [-0.2, 0) is 0 Å². The van der Waals surface area contributed by atoms with Crippen LogP contribution in [-0.4, -0.2) is 26.2 Å². The van der Waals surface area contributed by atoms with Crippen LogP contribution in [0.15, 0.2) is 76.7 Å². The van der Waals surface area contributed by atoms with Crippen molar-refractivity contribution in [3.05, 3.63) is 82.1 Å². The largest absolute Gasteiger partial charge is 0.333 e. The van der Waals surface area contributed by atoms with Gasteiger partial charge in [-0.1, -0.05) is 48.0 Å². The molecule has 5 nitrogen and oxygen atoms in total. The van der Waals surface area contributed by atoms with E-state index in [2.05, 4.69) is 9.97 Å². The average Bonchev–Trinajstić information content (AvgIpc) is 2.78. The normalized spacial score (nSPS) is 11.3. The van der Waals surface area contributed by atoms with Gasteiger partial charge in [0.05, 0.1) is 27.0 Å².